The number of benzene rings is 2. The first-order chi connectivity index (χ1) is 20.0. The van der Waals surface area contributed by atoms with Gasteiger partial charge in [0.1, 0.15) is 50.2 Å². The van der Waals surface area contributed by atoms with E-state index in [2.05, 4.69) is 5.32 Å². The molecule has 2 amide bonds. The summed E-state index contributed by atoms with van der Waals surface area (Å²) in [4.78, 5) is 39.9. The molecule has 0 aliphatic carbocycles. The molecule has 42 heavy (non-hydrogen) atoms. The van der Waals surface area contributed by atoms with Crippen LogP contribution in [0.1, 0.15) is 36.2 Å². The SMILES string of the molecule is CCP(=O)(COC)COc1ccc2c(C(C)=O)cn(CC(=O)N3C[C@H](F)C[C@H]3C(=O)NCc3cccc(Cl)c3F)c2c1. The molecule has 1 aliphatic heterocycles. The topological polar surface area (TPSA) is 107 Å². The predicted octanol–water partition coefficient (Wildman–Crippen LogP) is 5.22. The van der Waals surface area contributed by atoms with E-state index in [1.807, 2.05) is 0 Å². The minimum atomic E-state index is -2.71. The Morgan fingerprint density at radius 1 is 1.19 bits per heavy atom. The van der Waals surface area contributed by atoms with Gasteiger partial charge in [-0.2, -0.15) is 0 Å². The average molecular weight is 624 g/mol. The molecule has 4 rings (SSSR count). The molecular formula is C29H33ClF2N3O6P. The Hall–Kier alpha value is -3.27. The van der Waals surface area contributed by atoms with Gasteiger partial charge in [0.05, 0.1) is 17.1 Å². The number of Topliss-reactive ketones (excluding diaryl/α,β-unsaturated/α-hetero) is 1. The Balaban J connectivity index is 1.53. The zero-order valence-electron chi connectivity index (χ0n) is 23.6. The van der Waals surface area contributed by atoms with Crippen LogP contribution in [0.2, 0.25) is 5.02 Å². The molecule has 1 fully saturated rings. The van der Waals surface area contributed by atoms with Crippen molar-refractivity contribution in [2.75, 3.05) is 32.5 Å². The predicted molar refractivity (Wildman–Crippen MR) is 156 cm³/mol. The van der Waals surface area contributed by atoms with Crippen LogP contribution in [0.25, 0.3) is 10.9 Å². The monoisotopic (exact) mass is 623 g/mol. The van der Waals surface area contributed by atoms with Crippen LogP contribution >= 0.6 is 18.7 Å². The molecule has 0 bridgehead atoms. The Morgan fingerprint density at radius 3 is 2.64 bits per heavy atom. The van der Waals surface area contributed by atoms with E-state index in [-0.39, 0.29) is 55.1 Å². The zero-order valence-corrected chi connectivity index (χ0v) is 25.2. The summed E-state index contributed by atoms with van der Waals surface area (Å²) in [5.41, 5.74) is 1.05. The second-order valence-electron chi connectivity index (χ2n) is 10.3. The lowest BCUT2D eigenvalue weighted by Gasteiger charge is -2.24. The molecule has 3 atom stereocenters. The largest absolute Gasteiger partial charge is 0.486 e. The molecule has 0 spiro atoms. The fourth-order valence-electron chi connectivity index (χ4n) is 4.95. The number of ether oxygens (including phenoxy) is 2. The number of fused-ring (bicyclic) bond motifs is 1. The van der Waals surface area contributed by atoms with E-state index in [0.717, 1.165) is 4.90 Å². The van der Waals surface area contributed by atoms with Crippen LogP contribution in [0.5, 0.6) is 5.75 Å². The van der Waals surface area contributed by atoms with E-state index in [9.17, 15) is 27.7 Å². The number of nitrogens with one attached hydrogen (secondary N) is 1. The normalized spacial score (nSPS) is 18.2. The van der Waals surface area contributed by atoms with Gasteiger partial charge in [-0.05, 0) is 25.1 Å². The van der Waals surface area contributed by atoms with Crippen molar-refractivity contribution in [1.82, 2.24) is 14.8 Å². The molecule has 2 heterocycles. The summed E-state index contributed by atoms with van der Waals surface area (Å²) in [6.45, 7) is 2.48. The van der Waals surface area contributed by atoms with E-state index in [0.29, 0.717) is 28.4 Å². The molecule has 9 nitrogen and oxygen atoms in total. The number of likely N-dealkylation sites (tertiary alicyclic amines) is 1. The highest BCUT2D eigenvalue weighted by atomic mass is 35.5. The number of aromatic nitrogens is 1. The van der Waals surface area contributed by atoms with Crippen molar-refractivity contribution in [2.24, 2.45) is 0 Å². The number of carbonyl (C=O) groups is 3. The van der Waals surface area contributed by atoms with Crippen molar-refractivity contribution < 1.29 is 37.2 Å². The van der Waals surface area contributed by atoms with Crippen LogP contribution < -0.4 is 10.1 Å². The summed E-state index contributed by atoms with van der Waals surface area (Å²) < 4.78 is 54.1. The van der Waals surface area contributed by atoms with Gasteiger partial charge in [-0.3, -0.25) is 14.4 Å². The molecule has 1 saturated heterocycles. The molecule has 0 radical (unpaired) electrons. The zero-order chi connectivity index (χ0) is 30.6. The summed E-state index contributed by atoms with van der Waals surface area (Å²) >= 11 is 5.81. The first-order valence-corrected chi connectivity index (χ1v) is 16.1. The summed E-state index contributed by atoms with van der Waals surface area (Å²) in [6.07, 6.45) is 0.372. The van der Waals surface area contributed by atoms with Gasteiger partial charge in [-0.25, -0.2) is 8.78 Å². The van der Waals surface area contributed by atoms with E-state index in [1.165, 1.54) is 32.4 Å². The molecular weight excluding hydrogens is 591 g/mol. The lowest BCUT2D eigenvalue weighted by Crippen LogP contribution is -2.46. The maximum atomic E-state index is 14.5. The lowest BCUT2D eigenvalue weighted by atomic mass is 10.1. The van der Waals surface area contributed by atoms with Crippen LogP contribution in [0.15, 0.2) is 42.6 Å². The Kier molecular flexibility index (Phi) is 10.1. The van der Waals surface area contributed by atoms with Crippen LogP contribution in [-0.4, -0.2) is 71.8 Å². The maximum Gasteiger partial charge on any atom is 0.243 e. The Morgan fingerprint density at radius 2 is 1.95 bits per heavy atom. The molecule has 3 aromatic rings. The van der Waals surface area contributed by atoms with Crippen molar-refractivity contribution >= 4 is 47.2 Å². The Labute approximate surface area is 247 Å². The first kappa shape index (κ1) is 31.7. The third-order valence-corrected chi connectivity index (χ3v) is 10.1. The molecule has 2 aromatic carbocycles. The summed E-state index contributed by atoms with van der Waals surface area (Å²) in [7, 11) is -1.23. The number of methoxy groups -OCH3 is 1. The van der Waals surface area contributed by atoms with Crippen molar-refractivity contribution in [3.8, 4) is 5.75 Å². The third-order valence-electron chi connectivity index (χ3n) is 7.30. The molecule has 0 saturated carbocycles. The van der Waals surface area contributed by atoms with Gasteiger partial charge < -0.3 is 28.8 Å². The van der Waals surface area contributed by atoms with Gasteiger partial charge in [0.25, 0.3) is 0 Å². The number of rotatable bonds is 12. The van der Waals surface area contributed by atoms with Gasteiger partial charge in [0, 0.05) is 55.0 Å². The Bertz CT molecular complexity index is 1550. The number of carbonyl (C=O) groups excluding carboxylic acids is 3. The molecule has 1 N–H and O–H groups in total. The quantitative estimate of drug-likeness (QED) is 0.219. The minimum absolute atomic E-state index is 0.0381. The second kappa shape index (κ2) is 13.4. The smallest absolute Gasteiger partial charge is 0.243 e. The van der Waals surface area contributed by atoms with Crippen molar-refractivity contribution in [1.29, 1.82) is 0 Å². The van der Waals surface area contributed by atoms with Crippen LogP contribution in [-0.2, 0) is 32.0 Å². The summed E-state index contributed by atoms with van der Waals surface area (Å²) in [6, 6.07) is 8.30. The van der Waals surface area contributed by atoms with E-state index in [4.69, 9.17) is 21.1 Å². The molecule has 1 aromatic heterocycles. The summed E-state index contributed by atoms with van der Waals surface area (Å²) in [5, 5.41) is 3.07. The second-order valence-corrected chi connectivity index (χ2v) is 14.0. The molecule has 13 heteroatoms. The van der Waals surface area contributed by atoms with Gasteiger partial charge in [0.15, 0.2) is 5.78 Å². The van der Waals surface area contributed by atoms with Gasteiger partial charge in [-0.1, -0.05) is 30.7 Å². The van der Waals surface area contributed by atoms with E-state index < -0.39 is 37.0 Å². The van der Waals surface area contributed by atoms with Gasteiger partial charge in [0.2, 0.25) is 11.8 Å². The highest BCUT2D eigenvalue weighted by molar-refractivity contribution is 7.63. The third kappa shape index (κ3) is 7.02. The maximum absolute atomic E-state index is 14.5. The average Bonchev–Trinajstić information content (AvgIpc) is 3.53. The summed E-state index contributed by atoms with van der Waals surface area (Å²) in [5.74, 6) is -1.63. The highest BCUT2D eigenvalue weighted by Gasteiger charge is 2.40. The van der Waals surface area contributed by atoms with Crippen molar-refractivity contribution in [3.05, 3.63) is 64.6 Å². The lowest BCUT2D eigenvalue weighted by molar-refractivity contribution is -0.139. The number of nitrogens with zero attached hydrogens (tertiary/aromatic N) is 2. The molecule has 1 aliphatic rings. The number of hydrogen-bond donors (Lipinski definition) is 1. The van der Waals surface area contributed by atoms with E-state index >= 15 is 0 Å². The van der Waals surface area contributed by atoms with Gasteiger partial charge >= 0.3 is 0 Å². The van der Waals surface area contributed by atoms with Crippen LogP contribution in [0, 0.1) is 5.82 Å². The minimum Gasteiger partial charge on any atom is -0.486 e. The first-order valence-electron chi connectivity index (χ1n) is 13.4. The van der Waals surface area contributed by atoms with E-state index in [1.54, 1.807) is 35.8 Å². The molecule has 226 valence electrons. The van der Waals surface area contributed by atoms with Crippen molar-refractivity contribution in [3.63, 3.8) is 0 Å². The van der Waals surface area contributed by atoms with Crippen LogP contribution in [0.3, 0.4) is 0 Å². The highest BCUT2D eigenvalue weighted by Crippen LogP contribution is 2.45. The molecule has 1 unspecified atom stereocenters. The van der Waals surface area contributed by atoms with Crippen molar-refractivity contribution in [2.45, 2.75) is 45.6 Å². The van der Waals surface area contributed by atoms with Crippen LogP contribution in [0.4, 0.5) is 8.78 Å². The number of ketones is 1. The number of alkyl halides is 1. The van der Waals surface area contributed by atoms with Gasteiger partial charge in [-0.15, -0.1) is 0 Å². The fourth-order valence-corrected chi connectivity index (χ4v) is 6.44. The number of hydrogen-bond acceptors (Lipinski definition) is 6. The number of halogens is 3. The fraction of sp³-hybridized carbons (Fsp3) is 0.414. The number of amides is 2. The standard InChI is InChI=1S/C29H33ClF2N3O6P/c1-4-42(39,16-40-3)17-41-21-8-9-22-23(18(2)36)14-34(25(22)11-21)15-27(37)35-13-20(31)10-26(35)29(38)33-12-19-6-5-7-24(30)28(19)32/h5-9,11,14,20,26H,4,10,12-13,15-17H2,1-3H3,(H,33,38)/t20-,26+,42?/m1/s1.